The molecule has 116 valence electrons. The van der Waals surface area contributed by atoms with Gasteiger partial charge in [-0.2, -0.15) is 0 Å². The Bertz CT molecular complexity index is 466. The van der Waals surface area contributed by atoms with Crippen LogP contribution in [-0.2, 0) is 4.74 Å². The molecule has 21 heavy (non-hydrogen) atoms. The van der Waals surface area contributed by atoms with Crippen molar-refractivity contribution >= 4 is 17.7 Å². The van der Waals surface area contributed by atoms with Gasteiger partial charge in [0.2, 0.25) is 0 Å². The summed E-state index contributed by atoms with van der Waals surface area (Å²) in [4.78, 5) is 13.0. The summed E-state index contributed by atoms with van der Waals surface area (Å²) in [6.45, 7) is 4.94. The minimum atomic E-state index is -0.702. The van der Waals surface area contributed by atoms with Crippen molar-refractivity contribution in [1.82, 2.24) is 4.90 Å². The van der Waals surface area contributed by atoms with E-state index in [-0.39, 0.29) is 0 Å². The number of nitrogens with two attached hydrogens (primary N) is 1. The van der Waals surface area contributed by atoms with Crippen LogP contribution in [0.3, 0.4) is 0 Å². The monoisotopic (exact) mass is 312 g/mol. The van der Waals surface area contributed by atoms with E-state index in [2.05, 4.69) is 11.8 Å². The third-order valence-corrected chi connectivity index (χ3v) is 3.96. The van der Waals surface area contributed by atoms with Gasteiger partial charge in [0.1, 0.15) is 12.4 Å². The Morgan fingerprint density at radius 1 is 1.43 bits per heavy atom. The van der Waals surface area contributed by atoms with Crippen LogP contribution in [0.15, 0.2) is 24.3 Å². The number of rotatable bonds is 6. The zero-order chi connectivity index (χ0) is 15.2. The van der Waals surface area contributed by atoms with Crippen LogP contribution in [-0.4, -0.2) is 43.3 Å². The predicted octanol–water partition coefficient (Wildman–Crippen LogP) is 2.52. The molecule has 1 aliphatic heterocycles. The molecule has 0 spiro atoms. The lowest BCUT2D eigenvalue weighted by atomic mass is 10.1. The molecule has 2 atom stereocenters. The fourth-order valence-electron chi connectivity index (χ4n) is 2.66. The van der Waals surface area contributed by atoms with Gasteiger partial charge >= 0.3 is 6.09 Å². The standard InChI is InChI=1S/C15H21ClN2O3/c1-11-8-12(10-21-15(17)19)9-18(11)6-7-20-14-4-2-13(16)3-5-14/h2-5,11-12H,6-10H2,1H3,(H2,17,19). The summed E-state index contributed by atoms with van der Waals surface area (Å²) >= 11 is 5.83. The molecule has 1 aromatic carbocycles. The van der Waals surface area contributed by atoms with Gasteiger partial charge in [0.25, 0.3) is 0 Å². The average molecular weight is 313 g/mol. The van der Waals surface area contributed by atoms with Gasteiger partial charge in [0.05, 0.1) is 6.61 Å². The lowest BCUT2D eigenvalue weighted by molar-refractivity contribution is 0.135. The van der Waals surface area contributed by atoms with Gasteiger partial charge in [0.15, 0.2) is 0 Å². The highest BCUT2D eigenvalue weighted by atomic mass is 35.5. The highest BCUT2D eigenvalue weighted by Crippen LogP contribution is 2.23. The van der Waals surface area contributed by atoms with Gasteiger partial charge in [-0.05, 0) is 37.6 Å². The second-order valence-corrected chi connectivity index (χ2v) is 5.81. The molecule has 1 aliphatic rings. The summed E-state index contributed by atoms with van der Waals surface area (Å²) in [6.07, 6.45) is 0.306. The number of benzene rings is 1. The molecule has 2 rings (SSSR count). The number of hydrogen-bond acceptors (Lipinski definition) is 4. The summed E-state index contributed by atoms with van der Waals surface area (Å²) in [5, 5.41) is 0.702. The van der Waals surface area contributed by atoms with E-state index in [1.807, 2.05) is 24.3 Å². The Balaban J connectivity index is 1.70. The molecule has 0 bridgehead atoms. The predicted molar refractivity (Wildman–Crippen MR) is 81.6 cm³/mol. The molecule has 2 N–H and O–H groups in total. The molecule has 1 saturated heterocycles. The maximum absolute atomic E-state index is 10.6. The van der Waals surface area contributed by atoms with E-state index in [9.17, 15) is 4.79 Å². The molecule has 1 aromatic rings. The minimum absolute atomic E-state index is 0.350. The van der Waals surface area contributed by atoms with Crippen LogP contribution >= 0.6 is 11.6 Å². The number of carbonyl (C=O) groups is 1. The molecule has 1 amide bonds. The van der Waals surface area contributed by atoms with E-state index >= 15 is 0 Å². The molecular weight excluding hydrogens is 292 g/mol. The number of amides is 1. The van der Waals surface area contributed by atoms with Crippen molar-refractivity contribution in [3.8, 4) is 5.75 Å². The highest BCUT2D eigenvalue weighted by Gasteiger charge is 2.29. The number of ether oxygens (including phenoxy) is 2. The van der Waals surface area contributed by atoms with Crippen LogP contribution in [0.25, 0.3) is 0 Å². The van der Waals surface area contributed by atoms with Crippen LogP contribution in [0.1, 0.15) is 13.3 Å². The van der Waals surface area contributed by atoms with Crippen LogP contribution in [0.4, 0.5) is 4.79 Å². The normalized spacial score (nSPS) is 22.2. The lowest BCUT2D eigenvalue weighted by Gasteiger charge is -2.21. The molecule has 2 unspecified atom stereocenters. The van der Waals surface area contributed by atoms with Gasteiger partial charge in [-0.1, -0.05) is 11.6 Å². The first-order valence-electron chi connectivity index (χ1n) is 7.09. The summed E-state index contributed by atoms with van der Waals surface area (Å²) < 4.78 is 10.6. The maximum Gasteiger partial charge on any atom is 0.404 e. The van der Waals surface area contributed by atoms with E-state index in [0.717, 1.165) is 25.3 Å². The third kappa shape index (κ3) is 5.10. The second kappa shape index (κ2) is 7.52. The Hall–Kier alpha value is -1.46. The largest absolute Gasteiger partial charge is 0.492 e. The lowest BCUT2D eigenvalue weighted by Crippen LogP contribution is -2.32. The minimum Gasteiger partial charge on any atom is -0.492 e. The fourth-order valence-corrected chi connectivity index (χ4v) is 2.79. The van der Waals surface area contributed by atoms with E-state index in [1.54, 1.807) is 0 Å². The summed E-state index contributed by atoms with van der Waals surface area (Å²) in [5.74, 6) is 1.17. The number of carbonyl (C=O) groups excluding carboxylic acids is 1. The van der Waals surface area contributed by atoms with Crippen molar-refractivity contribution in [2.24, 2.45) is 11.7 Å². The average Bonchev–Trinajstić information content (AvgIpc) is 2.79. The highest BCUT2D eigenvalue weighted by molar-refractivity contribution is 6.30. The molecule has 0 aliphatic carbocycles. The molecule has 6 heteroatoms. The smallest absolute Gasteiger partial charge is 0.404 e. The Morgan fingerprint density at radius 2 is 2.14 bits per heavy atom. The SMILES string of the molecule is CC1CC(COC(N)=O)CN1CCOc1ccc(Cl)cc1. The first kappa shape index (κ1) is 15.9. The topological polar surface area (TPSA) is 64.8 Å². The zero-order valence-electron chi connectivity index (χ0n) is 12.1. The van der Waals surface area contributed by atoms with Crippen molar-refractivity contribution in [2.75, 3.05) is 26.3 Å². The van der Waals surface area contributed by atoms with Crippen molar-refractivity contribution in [2.45, 2.75) is 19.4 Å². The quantitative estimate of drug-likeness (QED) is 0.876. The first-order valence-corrected chi connectivity index (χ1v) is 7.47. The summed E-state index contributed by atoms with van der Waals surface area (Å²) in [5.41, 5.74) is 4.99. The van der Waals surface area contributed by atoms with Crippen LogP contribution < -0.4 is 10.5 Å². The number of halogens is 1. The fraction of sp³-hybridized carbons (Fsp3) is 0.533. The Morgan fingerprint density at radius 3 is 2.81 bits per heavy atom. The molecule has 0 radical (unpaired) electrons. The first-order chi connectivity index (χ1) is 10.0. The molecule has 5 nitrogen and oxygen atoms in total. The second-order valence-electron chi connectivity index (χ2n) is 5.38. The summed E-state index contributed by atoms with van der Waals surface area (Å²) in [7, 11) is 0. The summed E-state index contributed by atoms with van der Waals surface area (Å²) in [6, 6.07) is 7.80. The van der Waals surface area contributed by atoms with Gasteiger partial charge in [-0.25, -0.2) is 4.79 Å². The van der Waals surface area contributed by atoms with Crippen LogP contribution in [0.5, 0.6) is 5.75 Å². The molecular formula is C15H21ClN2O3. The van der Waals surface area contributed by atoms with E-state index in [4.69, 9.17) is 26.8 Å². The van der Waals surface area contributed by atoms with Gasteiger partial charge in [0, 0.05) is 30.1 Å². The van der Waals surface area contributed by atoms with E-state index in [1.165, 1.54) is 0 Å². The van der Waals surface area contributed by atoms with Gasteiger partial charge in [-0.15, -0.1) is 0 Å². The van der Waals surface area contributed by atoms with Crippen molar-refractivity contribution in [3.63, 3.8) is 0 Å². The van der Waals surface area contributed by atoms with Crippen molar-refractivity contribution in [1.29, 1.82) is 0 Å². The molecule has 1 heterocycles. The van der Waals surface area contributed by atoms with Crippen LogP contribution in [0, 0.1) is 5.92 Å². The van der Waals surface area contributed by atoms with Crippen molar-refractivity contribution < 1.29 is 14.3 Å². The van der Waals surface area contributed by atoms with Gasteiger partial charge < -0.3 is 15.2 Å². The van der Waals surface area contributed by atoms with E-state index < -0.39 is 6.09 Å². The third-order valence-electron chi connectivity index (χ3n) is 3.71. The Kier molecular flexibility index (Phi) is 5.70. The van der Waals surface area contributed by atoms with Gasteiger partial charge in [-0.3, -0.25) is 4.90 Å². The number of primary amides is 1. The molecule has 1 fully saturated rings. The maximum atomic E-state index is 10.6. The zero-order valence-corrected chi connectivity index (χ0v) is 12.9. The molecule has 0 saturated carbocycles. The van der Waals surface area contributed by atoms with Crippen LogP contribution in [0.2, 0.25) is 5.02 Å². The Labute approximate surface area is 130 Å². The molecule has 0 aromatic heterocycles. The number of hydrogen-bond donors (Lipinski definition) is 1. The number of likely N-dealkylation sites (tertiary alicyclic amines) is 1. The number of nitrogens with zero attached hydrogens (tertiary/aromatic N) is 1. The van der Waals surface area contributed by atoms with Crippen molar-refractivity contribution in [3.05, 3.63) is 29.3 Å². The van der Waals surface area contributed by atoms with E-state index in [0.29, 0.717) is 30.2 Å².